The lowest BCUT2D eigenvalue weighted by Crippen LogP contribution is -2.03. The van der Waals surface area contributed by atoms with Crippen molar-refractivity contribution in [2.24, 2.45) is 0 Å². The van der Waals surface area contributed by atoms with Crippen LogP contribution in [0.1, 0.15) is 24.7 Å². The van der Waals surface area contributed by atoms with Gasteiger partial charge in [-0.05, 0) is 24.1 Å². The number of nitrogens with one attached hydrogen (secondary N) is 2. The number of anilines is 3. The normalized spacial score (nSPS) is 9.95. The molecule has 0 fully saturated rings. The number of aromatic nitrogens is 2. The lowest BCUT2D eigenvalue weighted by molar-refractivity contribution is 0.838. The van der Waals surface area contributed by atoms with Crippen LogP contribution < -0.4 is 10.6 Å². The number of benzene rings is 1. The minimum absolute atomic E-state index is 0.429. The summed E-state index contributed by atoms with van der Waals surface area (Å²) < 4.78 is 0. The minimum atomic E-state index is 0.429. The average molecular weight is 281 g/mol. The predicted molar refractivity (Wildman–Crippen MR) is 84.6 cm³/mol. The summed E-state index contributed by atoms with van der Waals surface area (Å²) in [5.41, 5.74) is 1.95. The molecule has 5 nitrogen and oxygen atoms in total. The molecule has 2 rings (SSSR count). The van der Waals surface area contributed by atoms with Gasteiger partial charge in [0.25, 0.3) is 0 Å². The van der Waals surface area contributed by atoms with E-state index in [4.69, 9.17) is 5.26 Å². The third-order valence-corrected chi connectivity index (χ3v) is 3.01. The van der Waals surface area contributed by atoms with Gasteiger partial charge in [0, 0.05) is 25.2 Å². The third kappa shape index (κ3) is 4.18. The molecule has 5 heteroatoms. The highest BCUT2D eigenvalue weighted by Crippen LogP contribution is 2.18. The summed E-state index contributed by atoms with van der Waals surface area (Å²) in [6, 6.07) is 11.8. The van der Waals surface area contributed by atoms with E-state index in [1.807, 2.05) is 37.4 Å². The van der Waals surface area contributed by atoms with Crippen LogP contribution in [0.3, 0.4) is 0 Å². The van der Waals surface area contributed by atoms with E-state index in [1.54, 1.807) is 0 Å². The molecule has 0 aliphatic carbocycles. The Balaban J connectivity index is 2.18. The fourth-order valence-electron chi connectivity index (χ4n) is 1.97. The van der Waals surface area contributed by atoms with E-state index in [2.05, 4.69) is 33.6 Å². The Morgan fingerprint density at radius 2 is 1.86 bits per heavy atom. The summed E-state index contributed by atoms with van der Waals surface area (Å²) >= 11 is 0. The Labute approximate surface area is 125 Å². The summed E-state index contributed by atoms with van der Waals surface area (Å²) in [5.74, 6) is 2.40. The van der Waals surface area contributed by atoms with E-state index in [1.165, 1.54) is 0 Å². The molecule has 0 unspecified atom stereocenters. The first kappa shape index (κ1) is 14.8. The largest absolute Gasteiger partial charge is 0.373 e. The number of hydrogen-bond acceptors (Lipinski definition) is 5. The standard InChI is InChI=1S/C16H19N5/c1-3-4-14-20-15(18-2)11-16(21-14)19-13-7-5-12(6-8-13)9-10-17/h5-8,11H,3-4,9H2,1-2H3,(H2,18,19,20,21). The maximum atomic E-state index is 8.67. The second-order valence-electron chi connectivity index (χ2n) is 4.71. The van der Waals surface area contributed by atoms with Crippen molar-refractivity contribution in [3.05, 3.63) is 41.7 Å². The maximum absolute atomic E-state index is 8.67. The van der Waals surface area contributed by atoms with Crippen molar-refractivity contribution in [1.82, 2.24) is 9.97 Å². The summed E-state index contributed by atoms with van der Waals surface area (Å²) in [5, 5.41) is 15.0. The van der Waals surface area contributed by atoms with Gasteiger partial charge in [0.1, 0.15) is 17.5 Å². The predicted octanol–water partition coefficient (Wildman–Crippen LogP) is 3.28. The molecule has 1 aromatic carbocycles. The molecule has 21 heavy (non-hydrogen) atoms. The van der Waals surface area contributed by atoms with Crippen LogP contribution in [-0.2, 0) is 12.8 Å². The van der Waals surface area contributed by atoms with E-state index in [0.717, 1.165) is 41.6 Å². The van der Waals surface area contributed by atoms with Gasteiger partial charge in [0.2, 0.25) is 0 Å². The first-order valence-corrected chi connectivity index (χ1v) is 7.03. The molecule has 2 aromatic rings. The number of nitrogens with zero attached hydrogens (tertiary/aromatic N) is 3. The van der Waals surface area contributed by atoms with Gasteiger partial charge in [0.05, 0.1) is 12.5 Å². The van der Waals surface area contributed by atoms with Gasteiger partial charge < -0.3 is 10.6 Å². The smallest absolute Gasteiger partial charge is 0.136 e. The Kier molecular flexibility index (Phi) is 5.10. The Bertz CT molecular complexity index is 628. The van der Waals surface area contributed by atoms with Gasteiger partial charge in [0.15, 0.2) is 0 Å². The zero-order valence-electron chi connectivity index (χ0n) is 12.3. The highest BCUT2D eigenvalue weighted by molar-refractivity contribution is 5.59. The second kappa shape index (κ2) is 7.25. The molecule has 0 spiro atoms. The van der Waals surface area contributed by atoms with Crippen molar-refractivity contribution in [3.8, 4) is 6.07 Å². The van der Waals surface area contributed by atoms with Gasteiger partial charge in [-0.25, -0.2) is 9.97 Å². The lowest BCUT2D eigenvalue weighted by Gasteiger charge is -2.10. The molecule has 0 saturated heterocycles. The van der Waals surface area contributed by atoms with Crippen LogP contribution in [0.4, 0.5) is 17.3 Å². The van der Waals surface area contributed by atoms with Crippen LogP contribution in [0.5, 0.6) is 0 Å². The van der Waals surface area contributed by atoms with E-state index >= 15 is 0 Å². The Hall–Kier alpha value is -2.61. The maximum Gasteiger partial charge on any atom is 0.136 e. The first-order chi connectivity index (χ1) is 10.2. The lowest BCUT2D eigenvalue weighted by atomic mass is 10.1. The zero-order valence-corrected chi connectivity index (χ0v) is 12.3. The van der Waals surface area contributed by atoms with Gasteiger partial charge in [-0.3, -0.25) is 0 Å². The van der Waals surface area contributed by atoms with E-state index in [-0.39, 0.29) is 0 Å². The molecule has 108 valence electrons. The monoisotopic (exact) mass is 281 g/mol. The summed E-state index contributed by atoms with van der Waals surface area (Å²) in [7, 11) is 1.85. The molecule has 0 amide bonds. The molecule has 1 aromatic heterocycles. The average Bonchev–Trinajstić information content (AvgIpc) is 2.49. The fourth-order valence-corrected chi connectivity index (χ4v) is 1.97. The highest BCUT2D eigenvalue weighted by atomic mass is 15.1. The Morgan fingerprint density at radius 3 is 2.48 bits per heavy atom. The summed E-state index contributed by atoms with van der Waals surface area (Å²) in [4.78, 5) is 8.93. The van der Waals surface area contributed by atoms with Crippen LogP contribution in [0.15, 0.2) is 30.3 Å². The fraction of sp³-hybridized carbons (Fsp3) is 0.312. The third-order valence-electron chi connectivity index (χ3n) is 3.01. The molecule has 0 radical (unpaired) electrons. The molecule has 1 heterocycles. The molecule has 0 aliphatic rings. The molecule has 2 N–H and O–H groups in total. The molecule has 0 atom stereocenters. The van der Waals surface area contributed by atoms with Crippen LogP contribution in [-0.4, -0.2) is 17.0 Å². The van der Waals surface area contributed by atoms with Crippen LogP contribution in [0.2, 0.25) is 0 Å². The highest BCUT2D eigenvalue weighted by Gasteiger charge is 2.04. The first-order valence-electron chi connectivity index (χ1n) is 7.03. The number of rotatable bonds is 6. The van der Waals surface area contributed by atoms with Crippen molar-refractivity contribution in [3.63, 3.8) is 0 Å². The summed E-state index contributed by atoms with van der Waals surface area (Å²) in [6.45, 7) is 2.11. The van der Waals surface area contributed by atoms with Crippen molar-refractivity contribution in [2.45, 2.75) is 26.2 Å². The van der Waals surface area contributed by atoms with Gasteiger partial charge >= 0.3 is 0 Å². The molecule has 0 saturated carbocycles. The van der Waals surface area contributed by atoms with E-state index in [9.17, 15) is 0 Å². The number of hydrogen-bond donors (Lipinski definition) is 2. The summed E-state index contributed by atoms with van der Waals surface area (Å²) in [6.07, 6.45) is 2.29. The van der Waals surface area contributed by atoms with Gasteiger partial charge in [-0.15, -0.1) is 0 Å². The quantitative estimate of drug-likeness (QED) is 0.850. The number of nitriles is 1. The van der Waals surface area contributed by atoms with Gasteiger partial charge in [-0.2, -0.15) is 5.26 Å². The van der Waals surface area contributed by atoms with Crippen LogP contribution in [0.25, 0.3) is 0 Å². The van der Waals surface area contributed by atoms with E-state index < -0.39 is 0 Å². The van der Waals surface area contributed by atoms with Crippen molar-refractivity contribution < 1.29 is 0 Å². The zero-order chi connectivity index (χ0) is 15.1. The molecule has 0 aliphatic heterocycles. The van der Waals surface area contributed by atoms with Crippen molar-refractivity contribution >= 4 is 17.3 Å². The van der Waals surface area contributed by atoms with Crippen molar-refractivity contribution in [1.29, 1.82) is 5.26 Å². The molecular formula is C16H19N5. The second-order valence-corrected chi connectivity index (χ2v) is 4.71. The molecule has 0 bridgehead atoms. The SMILES string of the molecule is CCCc1nc(NC)cc(Nc2ccc(CC#N)cc2)n1. The van der Waals surface area contributed by atoms with Gasteiger partial charge in [-0.1, -0.05) is 19.1 Å². The molecular weight excluding hydrogens is 262 g/mol. The van der Waals surface area contributed by atoms with Crippen LogP contribution >= 0.6 is 0 Å². The van der Waals surface area contributed by atoms with Crippen molar-refractivity contribution in [2.75, 3.05) is 17.7 Å². The number of aryl methyl sites for hydroxylation is 1. The van der Waals surface area contributed by atoms with E-state index in [0.29, 0.717) is 6.42 Å². The Morgan fingerprint density at radius 1 is 1.14 bits per heavy atom. The van der Waals surface area contributed by atoms with Crippen LogP contribution in [0, 0.1) is 11.3 Å². The minimum Gasteiger partial charge on any atom is -0.373 e. The topological polar surface area (TPSA) is 73.6 Å².